The molecule has 2 aromatic carbocycles. The summed E-state index contributed by atoms with van der Waals surface area (Å²) in [7, 11) is 0. The SMILES string of the molecule is CCCOC(=O)c1cc(NC(=O)c2cccc([N+](=O)[O-])c2)ccc1N1CCOCC1. The van der Waals surface area contributed by atoms with Gasteiger partial charge in [-0.25, -0.2) is 4.79 Å². The number of rotatable bonds is 7. The van der Waals surface area contributed by atoms with Crippen LogP contribution < -0.4 is 10.2 Å². The van der Waals surface area contributed by atoms with Crippen molar-refractivity contribution in [3.8, 4) is 0 Å². The van der Waals surface area contributed by atoms with E-state index in [1.807, 2.05) is 11.8 Å². The Labute approximate surface area is 173 Å². The molecule has 3 rings (SSSR count). The minimum atomic E-state index is -0.560. The number of carbonyl (C=O) groups is 2. The highest BCUT2D eigenvalue weighted by Crippen LogP contribution is 2.27. The van der Waals surface area contributed by atoms with Crippen molar-refractivity contribution in [1.82, 2.24) is 0 Å². The van der Waals surface area contributed by atoms with E-state index in [0.717, 1.165) is 0 Å². The van der Waals surface area contributed by atoms with Crippen LogP contribution in [0.25, 0.3) is 0 Å². The first-order valence-electron chi connectivity index (χ1n) is 9.69. The molecule has 9 heteroatoms. The number of nitrogens with zero attached hydrogens (tertiary/aromatic N) is 2. The molecular formula is C21H23N3O6. The van der Waals surface area contributed by atoms with Crippen LogP contribution in [0.4, 0.5) is 17.1 Å². The van der Waals surface area contributed by atoms with Crippen molar-refractivity contribution in [3.05, 3.63) is 63.7 Å². The van der Waals surface area contributed by atoms with Gasteiger partial charge in [0.15, 0.2) is 0 Å². The fourth-order valence-corrected chi connectivity index (χ4v) is 3.09. The number of carbonyl (C=O) groups excluding carboxylic acids is 2. The standard InChI is InChI=1S/C21H23N3O6/c1-2-10-30-21(26)18-14-16(6-7-19(18)23-8-11-29-12-9-23)22-20(25)15-4-3-5-17(13-15)24(27)28/h3-7,13-14H,2,8-12H2,1H3,(H,22,25). The number of anilines is 2. The molecule has 2 aromatic rings. The number of nitro benzene ring substituents is 1. The molecule has 1 heterocycles. The second-order valence-corrected chi connectivity index (χ2v) is 6.73. The lowest BCUT2D eigenvalue weighted by molar-refractivity contribution is -0.384. The van der Waals surface area contributed by atoms with E-state index in [1.165, 1.54) is 24.3 Å². The van der Waals surface area contributed by atoms with Crippen LogP contribution in [0.1, 0.15) is 34.1 Å². The molecule has 158 valence electrons. The maximum Gasteiger partial charge on any atom is 0.340 e. The smallest absolute Gasteiger partial charge is 0.340 e. The van der Waals surface area contributed by atoms with Crippen LogP contribution in [0, 0.1) is 10.1 Å². The Morgan fingerprint density at radius 2 is 1.97 bits per heavy atom. The first kappa shape index (κ1) is 21.3. The monoisotopic (exact) mass is 413 g/mol. The molecule has 1 amide bonds. The van der Waals surface area contributed by atoms with Gasteiger partial charge in [-0.1, -0.05) is 13.0 Å². The summed E-state index contributed by atoms with van der Waals surface area (Å²) in [5.41, 5.74) is 1.44. The highest BCUT2D eigenvalue weighted by Gasteiger charge is 2.21. The number of morpholine rings is 1. The molecule has 0 aliphatic carbocycles. The highest BCUT2D eigenvalue weighted by molar-refractivity contribution is 6.06. The first-order valence-corrected chi connectivity index (χ1v) is 9.69. The van der Waals surface area contributed by atoms with Crippen molar-refractivity contribution >= 4 is 28.9 Å². The number of amides is 1. The van der Waals surface area contributed by atoms with Gasteiger partial charge < -0.3 is 19.7 Å². The van der Waals surface area contributed by atoms with Crippen LogP contribution in [0.3, 0.4) is 0 Å². The molecule has 0 spiro atoms. The molecule has 0 saturated carbocycles. The molecule has 1 fully saturated rings. The summed E-state index contributed by atoms with van der Waals surface area (Å²) in [5, 5.41) is 13.6. The van der Waals surface area contributed by atoms with E-state index in [1.54, 1.807) is 18.2 Å². The first-order chi connectivity index (χ1) is 14.5. The maximum atomic E-state index is 12.6. The van der Waals surface area contributed by atoms with E-state index >= 15 is 0 Å². The van der Waals surface area contributed by atoms with E-state index in [2.05, 4.69) is 5.32 Å². The lowest BCUT2D eigenvalue weighted by atomic mass is 10.1. The van der Waals surface area contributed by atoms with Crippen LogP contribution in [0.5, 0.6) is 0 Å². The number of esters is 1. The summed E-state index contributed by atoms with van der Waals surface area (Å²) in [5.74, 6) is -0.976. The fourth-order valence-electron chi connectivity index (χ4n) is 3.09. The Morgan fingerprint density at radius 1 is 1.20 bits per heavy atom. The second-order valence-electron chi connectivity index (χ2n) is 6.73. The van der Waals surface area contributed by atoms with Gasteiger partial charge in [-0.2, -0.15) is 0 Å². The lowest BCUT2D eigenvalue weighted by Crippen LogP contribution is -2.37. The van der Waals surface area contributed by atoms with Crippen molar-refractivity contribution in [2.45, 2.75) is 13.3 Å². The Bertz CT molecular complexity index is 940. The average Bonchev–Trinajstić information content (AvgIpc) is 2.78. The summed E-state index contributed by atoms with van der Waals surface area (Å²) in [6, 6.07) is 10.5. The van der Waals surface area contributed by atoms with Gasteiger partial charge in [0, 0.05) is 36.5 Å². The van der Waals surface area contributed by atoms with Gasteiger partial charge >= 0.3 is 5.97 Å². The molecule has 1 aliphatic heterocycles. The third-order valence-electron chi connectivity index (χ3n) is 4.58. The number of hydrogen-bond acceptors (Lipinski definition) is 7. The Morgan fingerprint density at radius 3 is 2.67 bits per heavy atom. The number of ether oxygens (including phenoxy) is 2. The molecule has 30 heavy (non-hydrogen) atoms. The normalized spacial score (nSPS) is 13.6. The van der Waals surface area contributed by atoms with Crippen LogP contribution in [-0.4, -0.2) is 49.7 Å². The zero-order valence-corrected chi connectivity index (χ0v) is 16.6. The van der Waals surface area contributed by atoms with Crippen LogP contribution in [-0.2, 0) is 9.47 Å². The van der Waals surface area contributed by atoms with Gasteiger partial charge in [0.05, 0.1) is 36.0 Å². The Balaban J connectivity index is 1.86. The maximum absolute atomic E-state index is 12.6. The predicted molar refractivity (Wildman–Crippen MR) is 111 cm³/mol. The van der Waals surface area contributed by atoms with Crippen molar-refractivity contribution in [1.29, 1.82) is 0 Å². The molecule has 0 radical (unpaired) electrons. The zero-order chi connectivity index (χ0) is 21.5. The molecule has 1 saturated heterocycles. The number of benzene rings is 2. The number of non-ortho nitro benzene ring substituents is 1. The van der Waals surface area contributed by atoms with Crippen molar-refractivity contribution in [2.75, 3.05) is 43.1 Å². The summed E-state index contributed by atoms with van der Waals surface area (Å²) >= 11 is 0. The minimum Gasteiger partial charge on any atom is -0.462 e. The largest absolute Gasteiger partial charge is 0.462 e. The molecule has 1 N–H and O–H groups in total. The number of nitrogens with one attached hydrogen (secondary N) is 1. The third kappa shape index (κ3) is 5.12. The molecule has 0 unspecified atom stereocenters. The molecule has 1 aliphatic rings. The van der Waals surface area contributed by atoms with Gasteiger partial charge in [0.2, 0.25) is 0 Å². The zero-order valence-electron chi connectivity index (χ0n) is 16.6. The predicted octanol–water partition coefficient (Wildman–Crippen LogP) is 3.25. The second kappa shape index (κ2) is 9.84. The minimum absolute atomic E-state index is 0.150. The van der Waals surface area contributed by atoms with E-state index < -0.39 is 16.8 Å². The van der Waals surface area contributed by atoms with Gasteiger partial charge in [-0.05, 0) is 30.7 Å². The van der Waals surface area contributed by atoms with Crippen molar-refractivity contribution in [2.24, 2.45) is 0 Å². The van der Waals surface area contributed by atoms with E-state index in [0.29, 0.717) is 56.3 Å². The van der Waals surface area contributed by atoms with Gasteiger partial charge in [0.25, 0.3) is 11.6 Å². The molecule has 9 nitrogen and oxygen atoms in total. The van der Waals surface area contributed by atoms with Crippen molar-refractivity contribution < 1.29 is 24.0 Å². The average molecular weight is 413 g/mol. The summed E-state index contributed by atoms with van der Waals surface area (Å²) in [4.78, 5) is 37.6. The van der Waals surface area contributed by atoms with Crippen LogP contribution in [0.2, 0.25) is 0 Å². The van der Waals surface area contributed by atoms with Gasteiger partial charge in [-0.15, -0.1) is 0 Å². The number of nitro groups is 1. The number of hydrogen-bond donors (Lipinski definition) is 1. The van der Waals surface area contributed by atoms with Crippen LogP contribution >= 0.6 is 0 Å². The summed E-state index contributed by atoms with van der Waals surface area (Å²) < 4.78 is 10.7. The Hall–Kier alpha value is -3.46. The van der Waals surface area contributed by atoms with Crippen LogP contribution in [0.15, 0.2) is 42.5 Å². The quantitative estimate of drug-likeness (QED) is 0.421. The fraction of sp³-hybridized carbons (Fsp3) is 0.333. The van der Waals surface area contributed by atoms with E-state index in [4.69, 9.17) is 9.47 Å². The van der Waals surface area contributed by atoms with Crippen molar-refractivity contribution in [3.63, 3.8) is 0 Å². The van der Waals surface area contributed by atoms with Gasteiger partial charge in [-0.3, -0.25) is 14.9 Å². The lowest BCUT2D eigenvalue weighted by Gasteiger charge is -2.30. The van der Waals surface area contributed by atoms with E-state index in [-0.39, 0.29) is 11.3 Å². The summed E-state index contributed by atoms with van der Waals surface area (Å²) in [6.07, 6.45) is 0.696. The molecule has 0 aromatic heterocycles. The topological polar surface area (TPSA) is 111 Å². The molecule has 0 atom stereocenters. The van der Waals surface area contributed by atoms with Gasteiger partial charge in [0.1, 0.15) is 0 Å². The summed E-state index contributed by atoms with van der Waals surface area (Å²) in [6.45, 7) is 4.63. The Kier molecular flexibility index (Phi) is 6.97. The molecular weight excluding hydrogens is 390 g/mol. The highest BCUT2D eigenvalue weighted by atomic mass is 16.6. The van der Waals surface area contributed by atoms with E-state index in [9.17, 15) is 19.7 Å². The third-order valence-corrected chi connectivity index (χ3v) is 4.58. The molecule has 0 bridgehead atoms.